The van der Waals surface area contributed by atoms with Crippen LogP contribution in [0.4, 0.5) is 0 Å². The summed E-state index contributed by atoms with van der Waals surface area (Å²) in [5, 5.41) is 0. The van der Waals surface area contributed by atoms with Crippen molar-refractivity contribution in [1.82, 2.24) is 14.9 Å². The Hall–Kier alpha value is -2.61. The average Bonchev–Trinajstić information content (AvgIpc) is 2.94. The second kappa shape index (κ2) is 9.68. The third-order valence-corrected chi connectivity index (χ3v) is 8.22. The van der Waals surface area contributed by atoms with E-state index in [1.807, 2.05) is 6.07 Å². The molecule has 2 aliphatic rings. The highest BCUT2D eigenvalue weighted by molar-refractivity contribution is 7.93. The molecule has 1 aliphatic heterocycles. The number of carbonyl (C=O) groups is 2. The highest BCUT2D eigenvalue weighted by Gasteiger charge is 2.26. The van der Waals surface area contributed by atoms with E-state index in [2.05, 4.69) is 26.5 Å². The molecular weight excluding hydrogens is 412 g/mol. The molecule has 0 bridgehead atoms. The molecule has 7 nitrogen and oxygen atoms in total. The Balaban J connectivity index is 1.49. The van der Waals surface area contributed by atoms with Gasteiger partial charge in [-0.05, 0) is 50.7 Å². The molecule has 1 aromatic carbocycles. The first-order valence-electron chi connectivity index (χ1n) is 11.0. The van der Waals surface area contributed by atoms with Gasteiger partial charge in [-0.1, -0.05) is 18.2 Å². The lowest BCUT2D eigenvalue weighted by Gasteiger charge is -2.20. The van der Waals surface area contributed by atoms with Crippen molar-refractivity contribution in [1.29, 1.82) is 0 Å². The smallest absolute Gasteiger partial charge is 0.256 e. The van der Waals surface area contributed by atoms with E-state index >= 15 is 0 Å². The Kier molecular flexibility index (Phi) is 6.75. The molecule has 8 heteroatoms. The number of allylic oxidation sites excluding steroid dienone is 2. The van der Waals surface area contributed by atoms with E-state index in [1.54, 1.807) is 29.4 Å². The van der Waals surface area contributed by atoms with Crippen molar-refractivity contribution in [3.63, 3.8) is 0 Å². The first-order valence-corrected chi connectivity index (χ1v) is 12.8. The van der Waals surface area contributed by atoms with Crippen molar-refractivity contribution in [3.8, 4) is 0 Å². The Morgan fingerprint density at radius 3 is 2.74 bits per heavy atom. The molecule has 0 spiro atoms. The van der Waals surface area contributed by atoms with Gasteiger partial charge >= 0.3 is 0 Å². The third kappa shape index (κ3) is 5.18. The Labute approximate surface area is 183 Å². The second-order valence-electron chi connectivity index (χ2n) is 8.16. The topological polar surface area (TPSA) is 92.6 Å². The van der Waals surface area contributed by atoms with E-state index < -0.39 is 9.73 Å². The van der Waals surface area contributed by atoms with Crippen LogP contribution in [0, 0.1) is 5.92 Å². The fourth-order valence-corrected chi connectivity index (χ4v) is 6.17. The van der Waals surface area contributed by atoms with E-state index in [9.17, 15) is 13.8 Å². The molecule has 0 saturated carbocycles. The number of hydrogen-bond donors (Lipinski definition) is 0. The second-order valence-corrected chi connectivity index (χ2v) is 10.7. The van der Waals surface area contributed by atoms with Gasteiger partial charge in [0.25, 0.3) is 11.8 Å². The minimum atomic E-state index is -2.65. The predicted octanol–water partition coefficient (Wildman–Crippen LogP) is 3.61. The number of nitrogens with zero attached hydrogens (tertiary/aromatic N) is 4. The summed E-state index contributed by atoms with van der Waals surface area (Å²) < 4.78 is 17.6. The largest absolute Gasteiger partial charge is 0.338 e. The summed E-state index contributed by atoms with van der Waals surface area (Å²) in [6, 6.07) is 5.37. The normalized spacial score (nSPS) is 25.8. The molecule has 1 saturated heterocycles. The van der Waals surface area contributed by atoms with Crippen molar-refractivity contribution < 1.29 is 13.8 Å². The van der Waals surface area contributed by atoms with Crippen LogP contribution in [0.15, 0.2) is 47.1 Å². The molecule has 1 fully saturated rings. The predicted molar refractivity (Wildman–Crippen MR) is 121 cm³/mol. The van der Waals surface area contributed by atoms with E-state index in [-0.39, 0.29) is 23.5 Å². The molecule has 2 aromatic rings. The average molecular weight is 441 g/mol. The maximum Gasteiger partial charge on any atom is 0.256 e. The number of carbonyl (C=O) groups excluding carboxylic acids is 2. The van der Waals surface area contributed by atoms with Crippen LogP contribution in [0.2, 0.25) is 0 Å². The third-order valence-electron chi connectivity index (χ3n) is 5.97. The number of para-hydroxylation sites is 1. The number of aromatic nitrogens is 2. The summed E-state index contributed by atoms with van der Waals surface area (Å²) in [7, 11) is -2.65. The molecule has 2 heterocycles. The number of fused-ring (bicyclic) bond motifs is 1. The Morgan fingerprint density at radius 2 is 1.84 bits per heavy atom. The molecule has 0 N–H and O–H groups in total. The standard InChI is InChI=1S/C23H28N4O3S/c28-22(18-8-4-2-1-3-5-9-18)26-31(30)16-7-14-27(15-17-31)23(29)19-10-6-11-20-21(19)25-13-12-24-20/h1-2,6,10-13,18H,3-5,7-9,14-17H2/b2-1-. The maximum atomic E-state index is 13.4. The van der Waals surface area contributed by atoms with Crippen molar-refractivity contribution in [2.45, 2.75) is 38.5 Å². The van der Waals surface area contributed by atoms with Gasteiger partial charge < -0.3 is 4.90 Å². The first-order chi connectivity index (χ1) is 15.1. The number of amides is 2. The van der Waals surface area contributed by atoms with Crippen LogP contribution in [0.1, 0.15) is 48.9 Å². The van der Waals surface area contributed by atoms with Gasteiger partial charge in [-0.25, -0.2) is 4.21 Å². The summed E-state index contributed by atoms with van der Waals surface area (Å²) >= 11 is 0. The van der Waals surface area contributed by atoms with E-state index in [0.717, 1.165) is 32.1 Å². The highest BCUT2D eigenvalue weighted by atomic mass is 32.2. The summed E-state index contributed by atoms with van der Waals surface area (Å²) in [4.78, 5) is 36.2. The van der Waals surface area contributed by atoms with Crippen LogP contribution < -0.4 is 0 Å². The van der Waals surface area contributed by atoms with E-state index in [0.29, 0.717) is 41.9 Å². The van der Waals surface area contributed by atoms with Gasteiger partial charge in [-0.15, -0.1) is 0 Å². The van der Waals surface area contributed by atoms with Crippen LogP contribution >= 0.6 is 0 Å². The van der Waals surface area contributed by atoms with Gasteiger partial charge in [0.05, 0.1) is 20.8 Å². The van der Waals surface area contributed by atoms with Crippen LogP contribution in [-0.2, 0) is 14.5 Å². The van der Waals surface area contributed by atoms with Gasteiger partial charge in [-0.3, -0.25) is 19.6 Å². The lowest BCUT2D eigenvalue weighted by Crippen LogP contribution is -2.34. The monoisotopic (exact) mass is 440 g/mol. The van der Waals surface area contributed by atoms with E-state index in [4.69, 9.17) is 0 Å². The molecule has 2 amide bonds. The zero-order valence-corrected chi connectivity index (χ0v) is 18.4. The zero-order chi connectivity index (χ0) is 21.7. The summed E-state index contributed by atoms with van der Waals surface area (Å²) in [5.41, 5.74) is 1.73. The fourth-order valence-electron chi connectivity index (χ4n) is 4.22. The van der Waals surface area contributed by atoms with Crippen LogP contribution in [0.25, 0.3) is 11.0 Å². The van der Waals surface area contributed by atoms with Gasteiger partial charge in [0, 0.05) is 42.9 Å². The summed E-state index contributed by atoms with van der Waals surface area (Å²) in [6.45, 7) is 0.808. The minimum absolute atomic E-state index is 0.140. The van der Waals surface area contributed by atoms with Crippen LogP contribution in [0.3, 0.4) is 0 Å². The molecule has 164 valence electrons. The molecule has 31 heavy (non-hydrogen) atoms. The van der Waals surface area contributed by atoms with Gasteiger partial charge in [-0.2, -0.15) is 4.36 Å². The molecule has 2 unspecified atom stereocenters. The minimum Gasteiger partial charge on any atom is -0.338 e. The number of benzene rings is 1. The van der Waals surface area contributed by atoms with Crippen LogP contribution in [-0.4, -0.2) is 55.5 Å². The van der Waals surface area contributed by atoms with Crippen molar-refractivity contribution in [3.05, 3.63) is 48.3 Å². The first kappa shape index (κ1) is 21.6. The Morgan fingerprint density at radius 1 is 1.00 bits per heavy atom. The fraction of sp³-hybridized carbons (Fsp3) is 0.478. The molecule has 4 rings (SSSR count). The maximum absolute atomic E-state index is 13.4. The SMILES string of the molecule is O=C(N=S1(=O)CCCN(C(=O)c2cccc3nccnc23)CC1)C1CC/C=C\CCC1. The molecule has 1 aromatic heterocycles. The molecule has 0 radical (unpaired) electrons. The van der Waals surface area contributed by atoms with Gasteiger partial charge in [0.2, 0.25) is 0 Å². The summed E-state index contributed by atoms with van der Waals surface area (Å²) in [6.07, 6.45) is 12.4. The van der Waals surface area contributed by atoms with Gasteiger partial charge in [0.1, 0.15) is 5.52 Å². The number of hydrogen-bond acceptors (Lipinski definition) is 5. The quantitative estimate of drug-likeness (QED) is 0.665. The summed E-state index contributed by atoms with van der Waals surface area (Å²) in [5.74, 6) is 0.0775. The highest BCUT2D eigenvalue weighted by Crippen LogP contribution is 2.22. The van der Waals surface area contributed by atoms with Gasteiger partial charge in [0.15, 0.2) is 0 Å². The van der Waals surface area contributed by atoms with Crippen LogP contribution in [0.5, 0.6) is 0 Å². The van der Waals surface area contributed by atoms with Crippen molar-refractivity contribution in [2.24, 2.45) is 10.3 Å². The molecular formula is C23H28N4O3S. The van der Waals surface area contributed by atoms with E-state index in [1.165, 1.54) is 0 Å². The molecule has 1 aliphatic carbocycles. The van der Waals surface area contributed by atoms with Crippen molar-refractivity contribution >= 4 is 32.6 Å². The van der Waals surface area contributed by atoms with Crippen molar-refractivity contribution in [2.75, 3.05) is 24.6 Å². The lowest BCUT2D eigenvalue weighted by molar-refractivity contribution is -0.121. The lowest BCUT2D eigenvalue weighted by atomic mass is 9.94. The number of rotatable bonds is 2. The Bertz CT molecular complexity index is 1120. The zero-order valence-electron chi connectivity index (χ0n) is 17.6. The molecule has 2 atom stereocenters.